The molecule has 0 spiro atoms. The Morgan fingerprint density at radius 1 is 1.11 bits per heavy atom. The quantitative estimate of drug-likeness (QED) is 0.789. The number of hydrogen-bond acceptors (Lipinski definition) is 2. The summed E-state index contributed by atoms with van der Waals surface area (Å²) in [6.07, 6.45) is 1.08. The highest BCUT2D eigenvalue weighted by Gasteiger charge is 2.08. The molecule has 0 unspecified atom stereocenters. The molecule has 0 aliphatic carbocycles. The molecular weight excluding hydrogens is 236 g/mol. The Kier molecular flexibility index (Phi) is 5.54. The Bertz CT molecular complexity index is 375. The van der Waals surface area contributed by atoms with Crippen molar-refractivity contribution in [3.8, 4) is 5.75 Å². The SMILES string of the molecule is CC(C)(C)CCNCCOc1ccc(F)c(F)c1. The molecule has 0 aliphatic rings. The molecule has 0 bridgehead atoms. The van der Waals surface area contributed by atoms with E-state index >= 15 is 0 Å². The number of rotatable bonds is 6. The Morgan fingerprint density at radius 3 is 2.44 bits per heavy atom. The Labute approximate surface area is 107 Å². The van der Waals surface area contributed by atoms with E-state index in [0.717, 1.165) is 25.1 Å². The van der Waals surface area contributed by atoms with E-state index in [9.17, 15) is 8.78 Å². The van der Waals surface area contributed by atoms with Crippen LogP contribution in [0.4, 0.5) is 8.78 Å². The molecule has 0 aliphatic heterocycles. The van der Waals surface area contributed by atoms with Gasteiger partial charge >= 0.3 is 0 Å². The zero-order chi connectivity index (χ0) is 13.6. The summed E-state index contributed by atoms with van der Waals surface area (Å²) >= 11 is 0. The van der Waals surface area contributed by atoms with Gasteiger partial charge in [0.2, 0.25) is 0 Å². The number of benzene rings is 1. The third-order valence-corrected chi connectivity index (χ3v) is 2.49. The molecule has 0 fully saturated rings. The van der Waals surface area contributed by atoms with Crippen LogP contribution in [0.1, 0.15) is 27.2 Å². The van der Waals surface area contributed by atoms with Crippen molar-refractivity contribution in [2.45, 2.75) is 27.2 Å². The fourth-order valence-corrected chi connectivity index (χ4v) is 1.40. The van der Waals surface area contributed by atoms with Crippen molar-refractivity contribution in [3.05, 3.63) is 29.8 Å². The largest absolute Gasteiger partial charge is 0.492 e. The van der Waals surface area contributed by atoms with Crippen molar-refractivity contribution in [3.63, 3.8) is 0 Å². The van der Waals surface area contributed by atoms with Crippen LogP contribution < -0.4 is 10.1 Å². The van der Waals surface area contributed by atoms with Gasteiger partial charge in [0.15, 0.2) is 11.6 Å². The smallest absolute Gasteiger partial charge is 0.162 e. The molecule has 1 rings (SSSR count). The first-order chi connectivity index (χ1) is 8.38. The molecule has 4 heteroatoms. The van der Waals surface area contributed by atoms with Crippen LogP contribution in [0.25, 0.3) is 0 Å². The Hall–Kier alpha value is -1.16. The molecule has 0 aromatic heterocycles. The van der Waals surface area contributed by atoms with Gasteiger partial charge in [-0.15, -0.1) is 0 Å². The second-order valence-corrected chi connectivity index (χ2v) is 5.49. The topological polar surface area (TPSA) is 21.3 Å². The highest BCUT2D eigenvalue weighted by Crippen LogP contribution is 2.17. The normalized spacial score (nSPS) is 11.6. The van der Waals surface area contributed by atoms with Gasteiger partial charge in [0.1, 0.15) is 12.4 Å². The minimum atomic E-state index is -0.881. The van der Waals surface area contributed by atoms with E-state index in [1.54, 1.807) is 0 Å². The summed E-state index contributed by atoms with van der Waals surface area (Å²) in [5, 5.41) is 3.25. The lowest BCUT2D eigenvalue weighted by molar-refractivity contribution is 0.302. The standard InChI is InChI=1S/C14H21F2NO/c1-14(2,3)6-7-17-8-9-18-11-4-5-12(15)13(16)10-11/h4-5,10,17H,6-9H2,1-3H3. The van der Waals surface area contributed by atoms with E-state index in [1.165, 1.54) is 6.07 Å². The van der Waals surface area contributed by atoms with E-state index in [1.807, 2.05) is 0 Å². The van der Waals surface area contributed by atoms with Crippen molar-refractivity contribution in [2.75, 3.05) is 19.7 Å². The molecule has 1 N–H and O–H groups in total. The minimum absolute atomic E-state index is 0.313. The molecule has 1 aromatic carbocycles. The summed E-state index contributed by atoms with van der Waals surface area (Å²) in [7, 11) is 0. The summed E-state index contributed by atoms with van der Waals surface area (Å²) in [6.45, 7) is 8.61. The number of hydrogen-bond donors (Lipinski definition) is 1. The van der Waals surface area contributed by atoms with Crippen molar-refractivity contribution in [1.82, 2.24) is 5.32 Å². The fourth-order valence-electron chi connectivity index (χ4n) is 1.40. The van der Waals surface area contributed by atoms with Crippen LogP contribution in [-0.4, -0.2) is 19.7 Å². The second kappa shape index (κ2) is 6.69. The van der Waals surface area contributed by atoms with Crippen molar-refractivity contribution in [1.29, 1.82) is 0 Å². The molecule has 1 aromatic rings. The van der Waals surface area contributed by atoms with Crippen LogP contribution in [0.5, 0.6) is 5.75 Å². The van der Waals surface area contributed by atoms with Crippen LogP contribution in [-0.2, 0) is 0 Å². The van der Waals surface area contributed by atoms with Crippen molar-refractivity contribution in [2.24, 2.45) is 5.41 Å². The summed E-state index contributed by atoms with van der Waals surface area (Å²) in [5.41, 5.74) is 0.313. The molecule has 0 amide bonds. The molecule has 0 atom stereocenters. The van der Waals surface area contributed by atoms with Crippen LogP contribution in [0.3, 0.4) is 0 Å². The Balaban J connectivity index is 2.16. The number of halogens is 2. The first-order valence-corrected chi connectivity index (χ1v) is 6.17. The maximum atomic E-state index is 12.9. The maximum absolute atomic E-state index is 12.9. The third kappa shape index (κ3) is 5.96. The molecule has 2 nitrogen and oxygen atoms in total. The molecule has 0 saturated heterocycles. The van der Waals surface area contributed by atoms with E-state index in [-0.39, 0.29) is 0 Å². The summed E-state index contributed by atoms with van der Waals surface area (Å²) < 4.78 is 30.8. The highest BCUT2D eigenvalue weighted by molar-refractivity contribution is 5.23. The van der Waals surface area contributed by atoms with Gasteiger partial charge in [0, 0.05) is 12.6 Å². The molecule has 0 saturated carbocycles. The van der Waals surface area contributed by atoms with Gasteiger partial charge in [-0.25, -0.2) is 8.78 Å². The first kappa shape index (κ1) is 14.9. The first-order valence-electron chi connectivity index (χ1n) is 6.17. The van der Waals surface area contributed by atoms with Crippen LogP contribution in [0.15, 0.2) is 18.2 Å². The number of nitrogens with one attached hydrogen (secondary N) is 1. The van der Waals surface area contributed by atoms with Gasteiger partial charge in [-0.05, 0) is 30.5 Å². The van der Waals surface area contributed by atoms with Gasteiger partial charge in [-0.3, -0.25) is 0 Å². The predicted molar refractivity (Wildman–Crippen MR) is 68.8 cm³/mol. The van der Waals surface area contributed by atoms with Crippen molar-refractivity contribution >= 4 is 0 Å². The van der Waals surface area contributed by atoms with E-state index in [4.69, 9.17) is 4.74 Å². The molecule has 102 valence electrons. The minimum Gasteiger partial charge on any atom is -0.492 e. The maximum Gasteiger partial charge on any atom is 0.162 e. The number of ether oxygens (including phenoxy) is 1. The van der Waals surface area contributed by atoms with Crippen LogP contribution >= 0.6 is 0 Å². The molecule has 0 radical (unpaired) electrons. The summed E-state index contributed by atoms with van der Waals surface area (Å²) in [5.74, 6) is -1.38. The average Bonchev–Trinajstić information content (AvgIpc) is 2.26. The monoisotopic (exact) mass is 257 g/mol. The zero-order valence-electron chi connectivity index (χ0n) is 11.2. The van der Waals surface area contributed by atoms with Crippen LogP contribution in [0, 0.1) is 17.0 Å². The zero-order valence-corrected chi connectivity index (χ0v) is 11.2. The van der Waals surface area contributed by atoms with Gasteiger partial charge < -0.3 is 10.1 Å². The molecule has 0 heterocycles. The molecule has 18 heavy (non-hydrogen) atoms. The second-order valence-electron chi connectivity index (χ2n) is 5.49. The lowest BCUT2D eigenvalue weighted by Gasteiger charge is -2.18. The third-order valence-electron chi connectivity index (χ3n) is 2.49. The van der Waals surface area contributed by atoms with Gasteiger partial charge in [-0.2, -0.15) is 0 Å². The van der Waals surface area contributed by atoms with E-state index < -0.39 is 11.6 Å². The van der Waals surface area contributed by atoms with E-state index in [2.05, 4.69) is 26.1 Å². The predicted octanol–water partition coefficient (Wildman–Crippen LogP) is 3.37. The van der Waals surface area contributed by atoms with Crippen LogP contribution in [0.2, 0.25) is 0 Å². The van der Waals surface area contributed by atoms with E-state index in [0.29, 0.717) is 24.3 Å². The highest BCUT2D eigenvalue weighted by atomic mass is 19.2. The van der Waals surface area contributed by atoms with Gasteiger partial charge in [0.25, 0.3) is 0 Å². The lowest BCUT2D eigenvalue weighted by atomic mass is 9.92. The average molecular weight is 257 g/mol. The summed E-state index contributed by atoms with van der Waals surface area (Å²) in [4.78, 5) is 0. The van der Waals surface area contributed by atoms with Gasteiger partial charge in [0.05, 0.1) is 0 Å². The van der Waals surface area contributed by atoms with Crippen molar-refractivity contribution < 1.29 is 13.5 Å². The molecular formula is C14H21F2NO. The summed E-state index contributed by atoms with van der Waals surface area (Å²) in [6, 6.07) is 3.55. The lowest BCUT2D eigenvalue weighted by Crippen LogP contribution is -2.25. The van der Waals surface area contributed by atoms with Gasteiger partial charge in [-0.1, -0.05) is 20.8 Å². The Morgan fingerprint density at radius 2 is 1.83 bits per heavy atom. The fraction of sp³-hybridized carbons (Fsp3) is 0.571.